The zero-order chi connectivity index (χ0) is 11.4. The van der Waals surface area contributed by atoms with E-state index in [0.717, 1.165) is 6.42 Å². The first kappa shape index (κ1) is 11.9. The van der Waals surface area contributed by atoms with Crippen LogP contribution < -0.4 is 5.32 Å². The van der Waals surface area contributed by atoms with E-state index in [0.29, 0.717) is 12.1 Å². The topological polar surface area (TPSA) is 12.0 Å². The standard InChI is InChI=1S/C14H18BrN/c1-2-14(16-11-7-3-4-8-11)12-9-5-6-10-13(12)15/h3-6,9-11,14,16H,2,7-8H2,1H3. The second-order valence-corrected chi connectivity index (χ2v) is 5.14. The molecule has 0 saturated heterocycles. The minimum absolute atomic E-state index is 0.459. The van der Waals surface area contributed by atoms with Crippen molar-refractivity contribution in [2.24, 2.45) is 0 Å². The number of benzene rings is 1. The number of rotatable bonds is 4. The first-order valence-electron chi connectivity index (χ1n) is 5.96. The largest absolute Gasteiger partial charge is 0.307 e. The number of hydrogen-bond donors (Lipinski definition) is 1. The van der Waals surface area contributed by atoms with Crippen molar-refractivity contribution in [1.29, 1.82) is 0 Å². The summed E-state index contributed by atoms with van der Waals surface area (Å²) in [6.07, 6.45) is 8.00. The fourth-order valence-corrected chi connectivity index (χ4v) is 2.78. The van der Waals surface area contributed by atoms with Gasteiger partial charge in [0.05, 0.1) is 0 Å². The normalized spacial score (nSPS) is 17.9. The van der Waals surface area contributed by atoms with E-state index >= 15 is 0 Å². The molecule has 0 bridgehead atoms. The molecule has 0 heterocycles. The highest BCUT2D eigenvalue weighted by atomic mass is 79.9. The fraction of sp³-hybridized carbons (Fsp3) is 0.429. The van der Waals surface area contributed by atoms with Crippen molar-refractivity contribution >= 4 is 15.9 Å². The maximum Gasteiger partial charge on any atom is 0.0331 e. The van der Waals surface area contributed by atoms with Crippen molar-refractivity contribution in [2.45, 2.75) is 38.3 Å². The Hall–Kier alpha value is -0.600. The molecule has 1 aliphatic carbocycles. The molecule has 0 aromatic heterocycles. The van der Waals surface area contributed by atoms with Crippen molar-refractivity contribution in [3.63, 3.8) is 0 Å². The number of halogens is 1. The molecule has 0 saturated carbocycles. The number of hydrogen-bond acceptors (Lipinski definition) is 1. The predicted molar refractivity (Wildman–Crippen MR) is 72.5 cm³/mol. The first-order chi connectivity index (χ1) is 7.81. The van der Waals surface area contributed by atoms with Gasteiger partial charge in [0, 0.05) is 16.6 Å². The Morgan fingerprint density at radius 1 is 1.31 bits per heavy atom. The van der Waals surface area contributed by atoms with Crippen LogP contribution in [0.25, 0.3) is 0 Å². The SMILES string of the molecule is CCC(NC1CC=CC1)c1ccccc1Br. The van der Waals surface area contributed by atoms with Gasteiger partial charge in [-0.2, -0.15) is 0 Å². The molecule has 0 aliphatic heterocycles. The zero-order valence-electron chi connectivity index (χ0n) is 9.62. The maximum absolute atomic E-state index is 3.73. The Morgan fingerprint density at radius 3 is 2.62 bits per heavy atom. The van der Waals surface area contributed by atoms with E-state index < -0.39 is 0 Å². The third-order valence-electron chi connectivity index (χ3n) is 3.13. The van der Waals surface area contributed by atoms with Gasteiger partial charge in [-0.15, -0.1) is 0 Å². The van der Waals surface area contributed by atoms with E-state index in [1.165, 1.54) is 22.9 Å². The Bertz CT molecular complexity index is 365. The monoisotopic (exact) mass is 279 g/mol. The summed E-state index contributed by atoms with van der Waals surface area (Å²) in [5, 5.41) is 3.73. The van der Waals surface area contributed by atoms with Crippen LogP contribution in [-0.4, -0.2) is 6.04 Å². The molecule has 1 unspecified atom stereocenters. The molecule has 86 valence electrons. The van der Waals surface area contributed by atoms with Gasteiger partial charge in [-0.05, 0) is 30.9 Å². The molecule has 1 nitrogen and oxygen atoms in total. The third kappa shape index (κ3) is 2.74. The number of nitrogens with one attached hydrogen (secondary N) is 1. The zero-order valence-corrected chi connectivity index (χ0v) is 11.2. The molecule has 2 rings (SSSR count). The molecule has 2 heteroatoms. The molecular formula is C14H18BrN. The Balaban J connectivity index is 2.07. The minimum atomic E-state index is 0.459. The van der Waals surface area contributed by atoms with Gasteiger partial charge in [0.25, 0.3) is 0 Å². The first-order valence-corrected chi connectivity index (χ1v) is 6.76. The van der Waals surface area contributed by atoms with Crippen LogP contribution in [0.1, 0.15) is 37.8 Å². The van der Waals surface area contributed by atoms with Gasteiger partial charge in [-0.1, -0.05) is 53.2 Å². The molecule has 16 heavy (non-hydrogen) atoms. The van der Waals surface area contributed by atoms with Crippen LogP contribution in [0, 0.1) is 0 Å². The van der Waals surface area contributed by atoms with Crippen LogP contribution >= 0.6 is 15.9 Å². The van der Waals surface area contributed by atoms with E-state index in [9.17, 15) is 0 Å². The summed E-state index contributed by atoms with van der Waals surface area (Å²) in [6.45, 7) is 2.24. The molecule has 1 N–H and O–H groups in total. The van der Waals surface area contributed by atoms with E-state index in [1.807, 2.05) is 0 Å². The lowest BCUT2D eigenvalue weighted by Crippen LogP contribution is -2.30. The summed E-state index contributed by atoms with van der Waals surface area (Å²) in [4.78, 5) is 0. The van der Waals surface area contributed by atoms with Crippen LogP contribution in [0.15, 0.2) is 40.9 Å². The van der Waals surface area contributed by atoms with Crippen molar-refractivity contribution in [2.75, 3.05) is 0 Å². The predicted octanol–water partition coefficient (Wildman–Crippen LogP) is 4.21. The summed E-state index contributed by atoms with van der Waals surface area (Å²) >= 11 is 3.63. The van der Waals surface area contributed by atoms with Gasteiger partial charge in [0.1, 0.15) is 0 Å². The van der Waals surface area contributed by atoms with Crippen LogP contribution in [0.4, 0.5) is 0 Å². The second kappa shape index (κ2) is 5.65. The summed E-state index contributed by atoms with van der Waals surface area (Å²) in [5.41, 5.74) is 1.37. The highest BCUT2D eigenvalue weighted by Gasteiger charge is 2.17. The highest BCUT2D eigenvalue weighted by Crippen LogP contribution is 2.27. The van der Waals surface area contributed by atoms with Gasteiger partial charge < -0.3 is 5.32 Å². The van der Waals surface area contributed by atoms with Gasteiger partial charge in [-0.3, -0.25) is 0 Å². The van der Waals surface area contributed by atoms with Crippen molar-refractivity contribution in [1.82, 2.24) is 5.32 Å². The van der Waals surface area contributed by atoms with Crippen LogP contribution in [0.3, 0.4) is 0 Å². The van der Waals surface area contributed by atoms with Crippen LogP contribution in [-0.2, 0) is 0 Å². The van der Waals surface area contributed by atoms with Gasteiger partial charge in [0.2, 0.25) is 0 Å². The van der Waals surface area contributed by atoms with E-state index in [2.05, 4.69) is 64.6 Å². The summed E-state index contributed by atoms with van der Waals surface area (Å²) < 4.78 is 1.21. The molecule has 1 aliphatic rings. The maximum atomic E-state index is 3.73. The van der Waals surface area contributed by atoms with Crippen molar-refractivity contribution < 1.29 is 0 Å². The molecule has 0 spiro atoms. The lowest BCUT2D eigenvalue weighted by molar-refractivity contribution is 0.437. The van der Waals surface area contributed by atoms with Gasteiger partial charge in [-0.25, -0.2) is 0 Å². The van der Waals surface area contributed by atoms with E-state index in [4.69, 9.17) is 0 Å². The summed E-state index contributed by atoms with van der Waals surface area (Å²) in [5.74, 6) is 0. The van der Waals surface area contributed by atoms with Gasteiger partial charge >= 0.3 is 0 Å². The second-order valence-electron chi connectivity index (χ2n) is 4.29. The minimum Gasteiger partial charge on any atom is -0.307 e. The molecule has 0 amide bonds. The summed E-state index contributed by atoms with van der Waals surface area (Å²) in [7, 11) is 0. The smallest absolute Gasteiger partial charge is 0.0331 e. The Labute approximate surface area is 106 Å². The molecule has 1 atom stereocenters. The van der Waals surface area contributed by atoms with Crippen LogP contribution in [0.2, 0.25) is 0 Å². The Kier molecular flexibility index (Phi) is 4.19. The molecule has 1 aromatic carbocycles. The average molecular weight is 280 g/mol. The average Bonchev–Trinajstić information content (AvgIpc) is 2.80. The third-order valence-corrected chi connectivity index (χ3v) is 3.86. The molecule has 0 fully saturated rings. The molecule has 0 radical (unpaired) electrons. The van der Waals surface area contributed by atoms with E-state index in [-0.39, 0.29) is 0 Å². The molecular weight excluding hydrogens is 262 g/mol. The lowest BCUT2D eigenvalue weighted by Gasteiger charge is -2.23. The summed E-state index contributed by atoms with van der Waals surface area (Å²) in [6, 6.07) is 9.58. The quantitative estimate of drug-likeness (QED) is 0.815. The van der Waals surface area contributed by atoms with Crippen molar-refractivity contribution in [3.8, 4) is 0 Å². The lowest BCUT2D eigenvalue weighted by atomic mass is 10.0. The highest BCUT2D eigenvalue weighted by molar-refractivity contribution is 9.10. The van der Waals surface area contributed by atoms with Crippen LogP contribution in [0.5, 0.6) is 0 Å². The molecule has 1 aromatic rings. The van der Waals surface area contributed by atoms with Gasteiger partial charge in [0.15, 0.2) is 0 Å². The Morgan fingerprint density at radius 2 is 2.00 bits per heavy atom. The van der Waals surface area contributed by atoms with Crippen molar-refractivity contribution in [3.05, 3.63) is 46.5 Å². The fourth-order valence-electron chi connectivity index (χ4n) is 2.22. The van der Waals surface area contributed by atoms with E-state index in [1.54, 1.807) is 0 Å².